The summed E-state index contributed by atoms with van der Waals surface area (Å²) < 4.78 is 31.0. The maximum atomic E-state index is 12.8. The molecule has 0 N–H and O–H groups in total. The van der Waals surface area contributed by atoms with Gasteiger partial charge in [-0.3, -0.25) is 4.79 Å². The van der Waals surface area contributed by atoms with Crippen LogP contribution in [0.5, 0.6) is 0 Å². The molecule has 0 radical (unpaired) electrons. The maximum Gasteiger partial charge on any atom is 0.241 e. The Morgan fingerprint density at radius 2 is 1.88 bits per heavy atom. The molecule has 0 saturated carbocycles. The van der Waals surface area contributed by atoms with Gasteiger partial charge in [-0.25, -0.2) is 13.4 Å². The lowest BCUT2D eigenvalue weighted by Crippen LogP contribution is -2.49. The van der Waals surface area contributed by atoms with E-state index in [2.05, 4.69) is 4.98 Å². The Hall–Kier alpha value is -1.93. The quantitative estimate of drug-likeness (QED) is 0.816. The van der Waals surface area contributed by atoms with Crippen LogP contribution < -0.4 is 0 Å². The van der Waals surface area contributed by atoms with Crippen LogP contribution in [0.3, 0.4) is 0 Å². The number of piperidine rings is 1. The van der Waals surface area contributed by atoms with Crippen LogP contribution in [0.1, 0.15) is 37.5 Å². The van der Waals surface area contributed by atoms with E-state index in [1.807, 2.05) is 24.3 Å². The summed E-state index contributed by atoms with van der Waals surface area (Å²) in [5.41, 5.74) is 1.64. The van der Waals surface area contributed by atoms with E-state index >= 15 is 0 Å². The number of nitrogens with zero attached hydrogens (tertiary/aromatic N) is 3. The molecule has 0 aliphatic carbocycles. The monoisotopic (exact) mass is 377 g/mol. The number of hydrogen-bond donors (Lipinski definition) is 0. The molecule has 0 spiro atoms. The molecule has 2 aliphatic rings. The van der Waals surface area contributed by atoms with Crippen LogP contribution in [0, 0.1) is 0 Å². The van der Waals surface area contributed by atoms with Crippen LogP contribution in [0.25, 0.3) is 11.1 Å². The smallest absolute Gasteiger partial charge is 0.241 e. The second kappa shape index (κ2) is 6.66. The van der Waals surface area contributed by atoms with Gasteiger partial charge in [-0.1, -0.05) is 12.1 Å². The average Bonchev–Trinajstić information content (AvgIpc) is 3.28. The molecule has 2 aliphatic heterocycles. The Morgan fingerprint density at radius 1 is 1.15 bits per heavy atom. The second-order valence-electron chi connectivity index (χ2n) is 7.15. The van der Waals surface area contributed by atoms with Crippen LogP contribution in [0.15, 0.2) is 28.7 Å². The van der Waals surface area contributed by atoms with Gasteiger partial charge in [0.05, 0.1) is 6.26 Å². The van der Waals surface area contributed by atoms with Gasteiger partial charge in [-0.2, -0.15) is 4.31 Å². The minimum absolute atomic E-state index is 0.0658. The van der Waals surface area contributed by atoms with Crippen LogP contribution in [-0.2, 0) is 14.8 Å². The summed E-state index contributed by atoms with van der Waals surface area (Å²) in [6, 6.07) is 7.16. The highest BCUT2D eigenvalue weighted by molar-refractivity contribution is 7.88. The van der Waals surface area contributed by atoms with Crippen molar-refractivity contribution in [2.24, 2.45) is 0 Å². The summed E-state index contributed by atoms with van der Waals surface area (Å²) in [5, 5.41) is 0. The summed E-state index contributed by atoms with van der Waals surface area (Å²) in [5.74, 6) is 0.863. The summed E-state index contributed by atoms with van der Waals surface area (Å²) >= 11 is 0. The fraction of sp³-hybridized carbons (Fsp3) is 0.556. The molecule has 0 bridgehead atoms. The summed E-state index contributed by atoms with van der Waals surface area (Å²) in [7, 11) is -3.34. The van der Waals surface area contributed by atoms with Crippen molar-refractivity contribution in [1.29, 1.82) is 0 Å². The van der Waals surface area contributed by atoms with Crippen molar-refractivity contribution in [2.75, 3.05) is 25.9 Å². The third-order valence-corrected chi connectivity index (χ3v) is 6.67. The zero-order chi connectivity index (χ0) is 18.3. The predicted octanol–water partition coefficient (Wildman–Crippen LogP) is 1.96. The first kappa shape index (κ1) is 17.5. The number of rotatable bonds is 3. The Balaban J connectivity index is 1.42. The van der Waals surface area contributed by atoms with Crippen LogP contribution in [0.4, 0.5) is 0 Å². The lowest BCUT2D eigenvalue weighted by Gasteiger charge is -2.34. The van der Waals surface area contributed by atoms with Crippen LogP contribution >= 0.6 is 0 Å². The normalized spacial score (nSPS) is 23.0. The lowest BCUT2D eigenvalue weighted by molar-refractivity contribution is -0.135. The van der Waals surface area contributed by atoms with Crippen molar-refractivity contribution in [3.05, 3.63) is 30.2 Å². The average molecular weight is 377 g/mol. The van der Waals surface area contributed by atoms with E-state index in [9.17, 15) is 13.2 Å². The minimum atomic E-state index is -3.34. The number of oxazole rings is 1. The molecule has 1 aromatic carbocycles. The van der Waals surface area contributed by atoms with Gasteiger partial charge in [-0.05, 0) is 37.8 Å². The largest absolute Gasteiger partial charge is 0.440 e. The van der Waals surface area contributed by atoms with Gasteiger partial charge in [0, 0.05) is 25.6 Å². The predicted molar refractivity (Wildman–Crippen MR) is 97.1 cm³/mol. The zero-order valence-corrected chi connectivity index (χ0v) is 15.6. The number of para-hydroxylation sites is 2. The highest BCUT2D eigenvalue weighted by atomic mass is 32.2. The van der Waals surface area contributed by atoms with Gasteiger partial charge in [0.1, 0.15) is 11.6 Å². The van der Waals surface area contributed by atoms with Crippen molar-refractivity contribution in [1.82, 2.24) is 14.2 Å². The molecule has 140 valence electrons. The van der Waals surface area contributed by atoms with Gasteiger partial charge in [-0.15, -0.1) is 0 Å². The molecule has 0 unspecified atom stereocenters. The number of sulfonamides is 1. The number of carbonyl (C=O) groups is 1. The molecule has 2 aromatic rings. The van der Waals surface area contributed by atoms with Crippen molar-refractivity contribution >= 4 is 27.0 Å². The number of aromatic nitrogens is 1. The number of amides is 1. The molecular weight excluding hydrogens is 354 g/mol. The fourth-order valence-electron chi connectivity index (χ4n) is 4.01. The zero-order valence-electron chi connectivity index (χ0n) is 14.8. The Morgan fingerprint density at radius 3 is 2.58 bits per heavy atom. The third kappa shape index (κ3) is 3.23. The van der Waals surface area contributed by atoms with E-state index in [0.717, 1.165) is 36.3 Å². The fourth-order valence-corrected chi connectivity index (χ4v) is 5.12. The number of benzene rings is 1. The molecule has 2 fully saturated rings. The standard InChI is InChI=1S/C18H23N3O4S/c1-26(23,24)21-10-4-6-15(21)18(22)20-11-8-13(9-12-20)17-19-14-5-2-3-7-16(14)25-17/h2-3,5,7,13,15H,4,6,8-12H2,1H3/t15-/m0/s1. The van der Waals surface area contributed by atoms with E-state index in [0.29, 0.717) is 26.1 Å². The molecule has 1 aromatic heterocycles. The lowest BCUT2D eigenvalue weighted by atomic mass is 9.96. The van der Waals surface area contributed by atoms with Crippen LogP contribution in [-0.4, -0.2) is 60.4 Å². The topological polar surface area (TPSA) is 83.7 Å². The number of fused-ring (bicyclic) bond motifs is 1. The van der Waals surface area contributed by atoms with Gasteiger partial charge in [0.2, 0.25) is 15.9 Å². The molecule has 7 nitrogen and oxygen atoms in total. The van der Waals surface area contributed by atoms with E-state index in [1.165, 1.54) is 10.6 Å². The van der Waals surface area contributed by atoms with E-state index < -0.39 is 16.1 Å². The first-order valence-corrected chi connectivity index (χ1v) is 10.9. The molecule has 1 amide bonds. The molecule has 4 rings (SSSR count). The second-order valence-corrected chi connectivity index (χ2v) is 9.09. The van der Waals surface area contributed by atoms with E-state index in [4.69, 9.17) is 4.42 Å². The minimum Gasteiger partial charge on any atom is -0.440 e. The van der Waals surface area contributed by atoms with E-state index in [1.54, 1.807) is 4.90 Å². The maximum absolute atomic E-state index is 12.8. The van der Waals surface area contributed by atoms with Crippen molar-refractivity contribution < 1.29 is 17.6 Å². The Labute approximate surface area is 153 Å². The first-order valence-electron chi connectivity index (χ1n) is 9.04. The number of likely N-dealkylation sites (tertiary alicyclic amines) is 1. The summed E-state index contributed by atoms with van der Waals surface area (Å²) in [6.07, 6.45) is 4.09. The number of carbonyl (C=O) groups excluding carboxylic acids is 1. The molecule has 26 heavy (non-hydrogen) atoms. The van der Waals surface area contributed by atoms with E-state index in [-0.39, 0.29) is 11.8 Å². The first-order chi connectivity index (χ1) is 12.4. The van der Waals surface area contributed by atoms with Crippen LogP contribution in [0.2, 0.25) is 0 Å². The summed E-state index contributed by atoms with van der Waals surface area (Å²) in [6.45, 7) is 1.65. The van der Waals surface area contributed by atoms with Gasteiger partial charge < -0.3 is 9.32 Å². The summed E-state index contributed by atoms with van der Waals surface area (Å²) in [4.78, 5) is 19.2. The highest BCUT2D eigenvalue weighted by Gasteiger charge is 2.39. The molecule has 1 atom stereocenters. The van der Waals surface area contributed by atoms with Gasteiger partial charge in [0.15, 0.2) is 11.5 Å². The third-order valence-electron chi connectivity index (χ3n) is 5.38. The van der Waals surface area contributed by atoms with Crippen molar-refractivity contribution in [2.45, 2.75) is 37.6 Å². The molecule has 3 heterocycles. The molecule has 2 saturated heterocycles. The highest BCUT2D eigenvalue weighted by Crippen LogP contribution is 2.31. The molecule has 8 heteroatoms. The molecular formula is C18H23N3O4S. The Kier molecular flexibility index (Phi) is 4.48. The SMILES string of the molecule is CS(=O)(=O)N1CCC[C@H]1C(=O)N1CCC(c2nc3ccccc3o2)CC1. The van der Waals surface area contributed by atoms with Crippen molar-refractivity contribution in [3.8, 4) is 0 Å². The van der Waals surface area contributed by atoms with Gasteiger partial charge >= 0.3 is 0 Å². The van der Waals surface area contributed by atoms with Gasteiger partial charge in [0.25, 0.3) is 0 Å². The van der Waals surface area contributed by atoms with Crippen molar-refractivity contribution in [3.63, 3.8) is 0 Å². The Bertz CT molecular complexity index is 882. The number of hydrogen-bond acceptors (Lipinski definition) is 5.